The van der Waals surface area contributed by atoms with E-state index in [1.165, 1.54) is 6.92 Å². The van der Waals surface area contributed by atoms with Gasteiger partial charge >= 0.3 is 37.7 Å². The van der Waals surface area contributed by atoms with Crippen LogP contribution < -0.4 is 47.9 Å². The zero-order valence-electron chi connectivity index (χ0n) is 13.0. The van der Waals surface area contributed by atoms with Gasteiger partial charge in [0.05, 0.1) is 11.9 Å². The van der Waals surface area contributed by atoms with Crippen molar-refractivity contribution in [3.8, 4) is 0 Å². The van der Waals surface area contributed by atoms with Crippen LogP contribution in [0, 0.1) is 11.3 Å². The van der Waals surface area contributed by atoms with E-state index in [0.29, 0.717) is 6.42 Å². The summed E-state index contributed by atoms with van der Waals surface area (Å²) in [6, 6.07) is 0. The molecule has 0 aliphatic carbocycles. The Kier molecular flexibility index (Phi) is 15.2. The standard InChI is InChI=1S/C13H24O4.2Li/c1-4-5-6-7-8-9-10(2)13(3,11(14)15)12(16)17;;/h10H,4-9H2,1-3H3,(H,14,15)(H,16,17);;/q;2*+1/p-2. The average Bonchev–Trinajstić information content (AvgIpc) is 2.26. The van der Waals surface area contributed by atoms with Crippen molar-refractivity contribution in [1.29, 1.82) is 0 Å². The minimum atomic E-state index is -1.88. The van der Waals surface area contributed by atoms with Crippen molar-refractivity contribution in [1.82, 2.24) is 0 Å². The van der Waals surface area contributed by atoms with Crippen LogP contribution in [0.3, 0.4) is 0 Å². The molecular formula is C13H22Li2O4. The van der Waals surface area contributed by atoms with E-state index in [9.17, 15) is 19.8 Å². The number of aliphatic carboxylic acids is 2. The Morgan fingerprint density at radius 1 is 1.00 bits per heavy atom. The third-order valence-electron chi connectivity index (χ3n) is 3.57. The van der Waals surface area contributed by atoms with E-state index in [1.54, 1.807) is 6.92 Å². The van der Waals surface area contributed by atoms with Crippen molar-refractivity contribution in [3.63, 3.8) is 0 Å². The number of carbonyl (C=O) groups is 2. The van der Waals surface area contributed by atoms with Gasteiger partial charge in [-0.3, -0.25) is 0 Å². The summed E-state index contributed by atoms with van der Waals surface area (Å²) in [5, 5.41) is 21.8. The Morgan fingerprint density at radius 3 is 1.79 bits per heavy atom. The summed E-state index contributed by atoms with van der Waals surface area (Å²) in [6.45, 7) is 4.92. The molecule has 0 heterocycles. The van der Waals surface area contributed by atoms with Gasteiger partial charge in [-0.1, -0.05) is 46.0 Å². The molecule has 0 radical (unpaired) electrons. The molecule has 0 aliphatic rings. The predicted octanol–water partition coefficient (Wildman–Crippen LogP) is -5.50. The molecule has 1 unspecified atom stereocenters. The summed E-state index contributed by atoms with van der Waals surface area (Å²) in [5.41, 5.74) is -1.88. The van der Waals surface area contributed by atoms with Crippen LogP contribution in [-0.2, 0) is 9.59 Å². The largest absolute Gasteiger partial charge is 1.00 e. The van der Waals surface area contributed by atoms with Gasteiger partial charge in [-0.15, -0.1) is 0 Å². The van der Waals surface area contributed by atoms with E-state index >= 15 is 0 Å². The van der Waals surface area contributed by atoms with Crippen LogP contribution in [0.1, 0.15) is 59.3 Å². The zero-order valence-corrected chi connectivity index (χ0v) is 13.0. The summed E-state index contributed by atoms with van der Waals surface area (Å²) in [5.74, 6) is -3.59. The van der Waals surface area contributed by atoms with Crippen molar-refractivity contribution in [2.45, 2.75) is 59.3 Å². The second kappa shape index (κ2) is 11.9. The van der Waals surface area contributed by atoms with Gasteiger partial charge in [-0.2, -0.15) is 0 Å². The first kappa shape index (κ1) is 24.2. The van der Waals surface area contributed by atoms with Crippen LogP contribution >= 0.6 is 0 Å². The molecule has 0 saturated heterocycles. The fourth-order valence-corrected chi connectivity index (χ4v) is 1.83. The average molecular weight is 256 g/mol. The molecule has 0 aromatic rings. The van der Waals surface area contributed by atoms with Crippen LogP contribution in [0.2, 0.25) is 0 Å². The van der Waals surface area contributed by atoms with Crippen LogP contribution in [0.15, 0.2) is 0 Å². The Bertz CT molecular complexity index is 255. The molecule has 4 nitrogen and oxygen atoms in total. The van der Waals surface area contributed by atoms with Crippen molar-refractivity contribution in [3.05, 3.63) is 0 Å². The van der Waals surface area contributed by atoms with Crippen LogP contribution in [0.25, 0.3) is 0 Å². The maximum atomic E-state index is 10.9. The molecular weight excluding hydrogens is 234 g/mol. The van der Waals surface area contributed by atoms with Crippen LogP contribution in [0.4, 0.5) is 0 Å². The maximum Gasteiger partial charge on any atom is 1.00 e. The molecule has 19 heavy (non-hydrogen) atoms. The molecule has 0 N–H and O–H groups in total. The van der Waals surface area contributed by atoms with Gasteiger partial charge < -0.3 is 19.8 Å². The normalized spacial score (nSPS) is 11.9. The maximum absolute atomic E-state index is 10.9. The number of rotatable bonds is 9. The number of carboxylic acids is 2. The Hall–Kier alpha value is 0.135. The van der Waals surface area contributed by atoms with E-state index < -0.39 is 23.3 Å². The van der Waals surface area contributed by atoms with Gasteiger partial charge in [0.2, 0.25) is 0 Å². The first-order valence-corrected chi connectivity index (χ1v) is 6.30. The summed E-state index contributed by atoms with van der Waals surface area (Å²) < 4.78 is 0. The van der Waals surface area contributed by atoms with Crippen molar-refractivity contribution in [2.75, 3.05) is 0 Å². The van der Waals surface area contributed by atoms with Gasteiger partial charge in [-0.25, -0.2) is 0 Å². The molecule has 0 amide bonds. The molecule has 0 fully saturated rings. The van der Waals surface area contributed by atoms with Gasteiger partial charge in [0.15, 0.2) is 0 Å². The van der Waals surface area contributed by atoms with E-state index in [0.717, 1.165) is 32.1 Å². The summed E-state index contributed by atoms with van der Waals surface area (Å²) in [6.07, 6.45) is 5.84. The predicted molar refractivity (Wildman–Crippen MR) is 60.7 cm³/mol. The molecule has 0 bridgehead atoms. The van der Waals surface area contributed by atoms with E-state index in [-0.39, 0.29) is 37.7 Å². The second-order valence-electron chi connectivity index (χ2n) is 4.88. The van der Waals surface area contributed by atoms with Crippen molar-refractivity contribution < 1.29 is 57.5 Å². The van der Waals surface area contributed by atoms with E-state index in [2.05, 4.69) is 6.92 Å². The van der Waals surface area contributed by atoms with Gasteiger partial charge in [0, 0.05) is 5.41 Å². The monoisotopic (exact) mass is 256 g/mol. The molecule has 0 aliphatic heterocycles. The Balaban J connectivity index is -0.00000128. The summed E-state index contributed by atoms with van der Waals surface area (Å²) in [7, 11) is 0. The molecule has 0 aromatic heterocycles. The minimum absolute atomic E-state index is 0. The second-order valence-corrected chi connectivity index (χ2v) is 4.88. The van der Waals surface area contributed by atoms with Crippen molar-refractivity contribution in [2.24, 2.45) is 11.3 Å². The first-order valence-electron chi connectivity index (χ1n) is 6.30. The first-order chi connectivity index (χ1) is 7.87. The smallest absolute Gasteiger partial charge is 0.549 e. The number of hydrogen-bond donors (Lipinski definition) is 0. The third kappa shape index (κ3) is 7.47. The van der Waals surface area contributed by atoms with E-state index in [4.69, 9.17) is 0 Å². The number of hydrogen-bond acceptors (Lipinski definition) is 4. The Labute approximate surface area is 140 Å². The van der Waals surface area contributed by atoms with Crippen LogP contribution in [-0.4, -0.2) is 11.9 Å². The fourth-order valence-electron chi connectivity index (χ4n) is 1.83. The number of unbranched alkanes of at least 4 members (excludes halogenated alkanes) is 4. The Morgan fingerprint density at radius 2 is 1.42 bits per heavy atom. The summed E-state index contributed by atoms with van der Waals surface area (Å²) >= 11 is 0. The van der Waals surface area contributed by atoms with E-state index in [1.807, 2.05) is 0 Å². The van der Waals surface area contributed by atoms with Gasteiger partial charge in [0.1, 0.15) is 0 Å². The molecule has 6 heteroatoms. The molecule has 0 saturated carbocycles. The quantitative estimate of drug-likeness (QED) is 0.234. The molecule has 0 rings (SSSR count). The fraction of sp³-hybridized carbons (Fsp3) is 0.846. The summed E-state index contributed by atoms with van der Waals surface area (Å²) in [4.78, 5) is 21.8. The van der Waals surface area contributed by atoms with Gasteiger partial charge in [0.25, 0.3) is 0 Å². The topological polar surface area (TPSA) is 80.3 Å². The number of carbonyl (C=O) groups excluding carboxylic acids is 2. The third-order valence-corrected chi connectivity index (χ3v) is 3.57. The molecule has 0 aromatic carbocycles. The minimum Gasteiger partial charge on any atom is -0.549 e. The van der Waals surface area contributed by atoms with Crippen LogP contribution in [0.5, 0.6) is 0 Å². The van der Waals surface area contributed by atoms with Gasteiger partial charge in [-0.05, 0) is 19.3 Å². The SMILES string of the molecule is CCCCCCCC(C)C(C)(C(=O)[O-])C(=O)[O-].[Li+].[Li+]. The zero-order chi connectivity index (χ0) is 13.5. The molecule has 0 spiro atoms. The molecule has 1 atom stereocenters. The number of carboxylic acid groups (broad SMARTS) is 2. The van der Waals surface area contributed by atoms with Crippen molar-refractivity contribution >= 4 is 11.9 Å². The molecule has 100 valence electrons.